The molecule has 9 heteroatoms. The van der Waals surface area contributed by atoms with Crippen molar-refractivity contribution in [2.75, 3.05) is 0 Å². The van der Waals surface area contributed by atoms with E-state index in [1.165, 1.54) is 18.3 Å². The van der Waals surface area contributed by atoms with Gasteiger partial charge >= 0.3 is 0 Å². The molecule has 0 amide bonds. The third kappa shape index (κ3) is 3.80. The summed E-state index contributed by atoms with van der Waals surface area (Å²) in [7, 11) is 0. The Labute approximate surface area is 168 Å². The molecule has 2 aromatic carbocycles. The Bertz CT molecular complexity index is 1190. The summed E-state index contributed by atoms with van der Waals surface area (Å²) in [5.41, 5.74) is 0.812. The molecule has 0 spiro atoms. The lowest BCUT2D eigenvalue weighted by molar-refractivity contribution is 0.432. The molecular formula is C18H12Cl2FN3O2S. The summed E-state index contributed by atoms with van der Waals surface area (Å²) in [5, 5.41) is 11.0. The molecule has 0 unspecified atom stereocenters. The topological polar surface area (TPSA) is 70.4 Å². The molecule has 3 rings (SSSR count). The molecule has 0 saturated heterocycles. The predicted octanol–water partition coefficient (Wildman–Crippen LogP) is 5.11. The molecule has 0 atom stereocenters. The van der Waals surface area contributed by atoms with Crippen LogP contribution in [0, 0.1) is 17.5 Å². The van der Waals surface area contributed by atoms with Gasteiger partial charge in [-0.15, -0.1) is 0 Å². The van der Waals surface area contributed by atoms with E-state index in [1.807, 2.05) is 0 Å². The largest absolute Gasteiger partial charge is 0.494 e. The molecule has 0 aliphatic heterocycles. The Morgan fingerprint density at radius 2 is 2.00 bits per heavy atom. The number of halogens is 3. The molecule has 0 radical (unpaired) electrons. The van der Waals surface area contributed by atoms with Crippen LogP contribution in [0.5, 0.6) is 5.88 Å². The average Bonchev–Trinajstić information content (AvgIpc) is 2.61. The van der Waals surface area contributed by atoms with E-state index in [4.69, 9.17) is 35.4 Å². The second-order valence-electron chi connectivity index (χ2n) is 5.57. The molecule has 0 aliphatic carbocycles. The number of benzene rings is 2. The molecule has 0 bridgehead atoms. The van der Waals surface area contributed by atoms with Crippen LogP contribution < -0.4 is 5.56 Å². The number of nitrogens with zero attached hydrogens (tertiary/aromatic N) is 2. The van der Waals surface area contributed by atoms with Gasteiger partial charge in [0, 0.05) is 11.2 Å². The molecule has 2 N–H and O–H groups in total. The minimum Gasteiger partial charge on any atom is -0.494 e. The first-order chi connectivity index (χ1) is 12.8. The number of aliphatic imine (C=N–C) groups is 1. The Hall–Kier alpha value is -2.48. The van der Waals surface area contributed by atoms with E-state index in [1.54, 1.807) is 25.1 Å². The van der Waals surface area contributed by atoms with Crippen molar-refractivity contribution in [3.8, 4) is 11.6 Å². The number of H-pyrrole nitrogens is 1. The molecule has 1 aromatic heterocycles. The van der Waals surface area contributed by atoms with Gasteiger partial charge in [0.05, 0.1) is 16.4 Å². The standard InChI is InChI=1S/C18H12Cl2FN3O2S/c1-9-12(19)3-2-4-15(9)22-8-11-16(25)23-18(27)24(17(11)26)10-5-6-14(21)13(20)7-10/h2-8,26H,1H3,(H,23,25,27). The van der Waals surface area contributed by atoms with Crippen molar-refractivity contribution in [3.63, 3.8) is 0 Å². The minimum atomic E-state index is -0.620. The molecule has 3 aromatic rings. The van der Waals surface area contributed by atoms with Crippen molar-refractivity contribution in [2.24, 2.45) is 4.99 Å². The first kappa shape index (κ1) is 19.3. The highest BCUT2D eigenvalue weighted by molar-refractivity contribution is 7.71. The van der Waals surface area contributed by atoms with Crippen LogP contribution in [0.2, 0.25) is 10.0 Å². The van der Waals surface area contributed by atoms with E-state index in [0.29, 0.717) is 10.7 Å². The lowest BCUT2D eigenvalue weighted by atomic mass is 10.2. The maximum atomic E-state index is 13.4. The third-order valence-corrected chi connectivity index (χ3v) is 4.84. The van der Waals surface area contributed by atoms with Crippen molar-refractivity contribution in [1.29, 1.82) is 0 Å². The molecule has 1 heterocycles. The molecule has 27 heavy (non-hydrogen) atoms. The number of aromatic hydroxyl groups is 1. The van der Waals surface area contributed by atoms with Gasteiger partial charge in [-0.1, -0.05) is 29.3 Å². The number of aromatic nitrogens is 2. The summed E-state index contributed by atoms with van der Waals surface area (Å²) in [6.45, 7) is 1.78. The van der Waals surface area contributed by atoms with Gasteiger partial charge in [0.1, 0.15) is 11.4 Å². The summed E-state index contributed by atoms with van der Waals surface area (Å²) in [5.74, 6) is -1.07. The second kappa shape index (κ2) is 7.64. The quantitative estimate of drug-likeness (QED) is 0.454. The number of nitrogens with one attached hydrogen (secondary N) is 1. The zero-order chi connectivity index (χ0) is 19.7. The zero-order valence-electron chi connectivity index (χ0n) is 13.8. The second-order valence-corrected chi connectivity index (χ2v) is 6.77. The normalized spacial score (nSPS) is 11.3. The van der Waals surface area contributed by atoms with Crippen molar-refractivity contribution in [2.45, 2.75) is 6.92 Å². The van der Waals surface area contributed by atoms with Crippen LogP contribution in [0.3, 0.4) is 0 Å². The van der Waals surface area contributed by atoms with Crippen molar-refractivity contribution < 1.29 is 9.50 Å². The third-order valence-electron chi connectivity index (χ3n) is 3.85. The molecule has 5 nitrogen and oxygen atoms in total. The van der Waals surface area contributed by atoms with Gasteiger partial charge in [0.25, 0.3) is 5.56 Å². The Morgan fingerprint density at radius 3 is 2.70 bits per heavy atom. The van der Waals surface area contributed by atoms with Gasteiger partial charge in [-0.05, 0) is 55.0 Å². The Kier molecular flexibility index (Phi) is 5.46. The van der Waals surface area contributed by atoms with Gasteiger partial charge in [0.15, 0.2) is 4.77 Å². The van der Waals surface area contributed by atoms with Crippen LogP contribution >= 0.6 is 35.4 Å². The summed E-state index contributed by atoms with van der Waals surface area (Å²) in [4.78, 5) is 18.9. The lowest BCUT2D eigenvalue weighted by Crippen LogP contribution is -2.18. The first-order valence-corrected chi connectivity index (χ1v) is 8.79. The minimum absolute atomic E-state index is 0.0729. The van der Waals surface area contributed by atoms with E-state index >= 15 is 0 Å². The lowest BCUT2D eigenvalue weighted by Gasteiger charge is -2.11. The van der Waals surface area contributed by atoms with Crippen LogP contribution in [-0.2, 0) is 0 Å². The maximum Gasteiger partial charge on any atom is 0.264 e. The highest BCUT2D eigenvalue weighted by atomic mass is 35.5. The highest BCUT2D eigenvalue weighted by Crippen LogP contribution is 2.26. The number of rotatable bonds is 3. The van der Waals surface area contributed by atoms with E-state index in [9.17, 15) is 14.3 Å². The van der Waals surface area contributed by atoms with Crippen molar-refractivity contribution in [3.05, 3.63) is 78.5 Å². The Balaban J connectivity index is 2.16. The molecule has 0 saturated carbocycles. The van der Waals surface area contributed by atoms with Crippen LogP contribution in [0.4, 0.5) is 10.1 Å². The van der Waals surface area contributed by atoms with Crippen molar-refractivity contribution >= 4 is 47.3 Å². The maximum absolute atomic E-state index is 13.4. The number of hydrogen-bond donors (Lipinski definition) is 2. The van der Waals surface area contributed by atoms with E-state index in [-0.39, 0.29) is 21.0 Å². The van der Waals surface area contributed by atoms with Crippen LogP contribution in [0.1, 0.15) is 11.1 Å². The van der Waals surface area contributed by atoms with E-state index in [0.717, 1.165) is 16.2 Å². The smallest absolute Gasteiger partial charge is 0.264 e. The average molecular weight is 424 g/mol. The molecule has 0 fully saturated rings. The van der Waals surface area contributed by atoms with Crippen molar-refractivity contribution in [1.82, 2.24) is 9.55 Å². The fraction of sp³-hybridized carbons (Fsp3) is 0.0556. The SMILES string of the molecule is Cc1c(Cl)cccc1N=Cc1c(O)n(-c2ccc(F)c(Cl)c2)c(=S)[nH]c1=O. The monoisotopic (exact) mass is 423 g/mol. The summed E-state index contributed by atoms with van der Waals surface area (Å²) >= 11 is 17.0. The molecule has 138 valence electrons. The zero-order valence-corrected chi connectivity index (χ0v) is 16.2. The summed E-state index contributed by atoms with van der Waals surface area (Å²) in [6.07, 6.45) is 1.21. The van der Waals surface area contributed by atoms with E-state index in [2.05, 4.69) is 9.98 Å². The fourth-order valence-electron chi connectivity index (χ4n) is 2.39. The highest BCUT2D eigenvalue weighted by Gasteiger charge is 2.14. The van der Waals surface area contributed by atoms with Gasteiger partial charge in [-0.25, -0.2) is 4.39 Å². The Morgan fingerprint density at radius 1 is 1.26 bits per heavy atom. The number of aromatic amines is 1. The van der Waals surface area contributed by atoms with Crippen LogP contribution in [-0.4, -0.2) is 20.9 Å². The predicted molar refractivity (Wildman–Crippen MR) is 107 cm³/mol. The first-order valence-electron chi connectivity index (χ1n) is 7.62. The molecular weight excluding hydrogens is 412 g/mol. The summed E-state index contributed by atoms with van der Waals surface area (Å²) in [6, 6.07) is 8.95. The van der Waals surface area contributed by atoms with Gasteiger partial charge < -0.3 is 5.11 Å². The van der Waals surface area contributed by atoms with Crippen LogP contribution in [0.15, 0.2) is 46.2 Å². The molecule has 0 aliphatic rings. The van der Waals surface area contributed by atoms with Crippen LogP contribution in [0.25, 0.3) is 5.69 Å². The van der Waals surface area contributed by atoms with Gasteiger partial charge in [-0.2, -0.15) is 0 Å². The number of hydrogen-bond acceptors (Lipinski definition) is 4. The fourth-order valence-corrected chi connectivity index (χ4v) is 3.02. The van der Waals surface area contributed by atoms with E-state index < -0.39 is 17.3 Å². The van der Waals surface area contributed by atoms with Gasteiger partial charge in [0.2, 0.25) is 5.88 Å². The van der Waals surface area contributed by atoms with Gasteiger partial charge in [-0.3, -0.25) is 19.3 Å². The summed E-state index contributed by atoms with van der Waals surface area (Å²) < 4.78 is 14.5.